The van der Waals surface area contributed by atoms with Gasteiger partial charge in [0.05, 0.1) is 26.1 Å². The number of aliphatic carboxylic acids is 1. The van der Waals surface area contributed by atoms with E-state index in [1.165, 1.54) is 19.4 Å². The number of quaternary nitrogens is 1. The third-order valence-corrected chi connectivity index (χ3v) is 10.6. The highest BCUT2D eigenvalue weighted by molar-refractivity contribution is 5.83. The van der Waals surface area contributed by atoms with Gasteiger partial charge in [-0.25, -0.2) is 0 Å². The van der Waals surface area contributed by atoms with Crippen LogP contribution in [0.25, 0.3) is 0 Å². The smallest absolute Gasteiger partial charge is 0.316 e. The Morgan fingerprint density at radius 3 is 2.20 bits per heavy atom. The first-order chi connectivity index (χ1) is 21.2. The van der Waals surface area contributed by atoms with Gasteiger partial charge in [-0.2, -0.15) is 0 Å². The van der Waals surface area contributed by atoms with Crippen LogP contribution in [-0.2, 0) is 30.3 Å². The molecule has 3 aliphatic heterocycles. The molecule has 4 unspecified atom stereocenters. The average molecular weight is 687 g/mol. The number of ether oxygens (including phenoxy) is 2. The van der Waals surface area contributed by atoms with E-state index in [2.05, 4.69) is 14.0 Å². The minimum atomic E-state index is -0.811. The molecule has 1 aliphatic carbocycles. The molecule has 0 radical (unpaired) electrons. The predicted molar refractivity (Wildman–Crippen MR) is 166 cm³/mol. The molecular formula is C36H48BrNO7. The third kappa shape index (κ3) is 7.87. The summed E-state index contributed by atoms with van der Waals surface area (Å²) in [4.78, 5) is 35.1. The first-order valence-electron chi connectivity index (χ1n) is 16.4. The summed E-state index contributed by atoms with van der Waals surface area (Å²) >= 11 is 0. The lowest BCUT2D eigenvalue weighted by molar-refractivity contribution is -0.956. The molecule has 0 amide bonds. The quantitative estimate of drug-likeness (QED) is 0.212. The number of carboxylic acids is 1. The number of fused-ring (bicyclic) bond motifs is 5. The second kappa shape index (κ2) is 15.3. The highest BCUT2D eigenvalue weighted by atomic mass is 79.9. The van der Waals surface area contributed by atoms with Crippen molar-refractivity contribution in [2.24, 2.45) is 5.92 Å². The second-order valence-corrected chi connectivity index (χ2v) is 13.4. The largest absolute Gasteiger partial charge is 1.00 e. The molecule has 9 atom stereocenters. The number of esters is 1. The fourth-order valence-corrected chi connectivity index (χ4v) is 7.71. The lowest BCUT2D eigenvalue weighted by atomic mass is 9.94. The van der Waals surface area contributed by atoms with Gasteiger partial charge in [-0.15, -0.1) is 0 Å². The summed E-state index contributed by atoms with van der Waals surface area (Å²) in [5.74, 6) is -1.64. The van der Waals surface area contributed by atoms with Gasteiger partial charge < -0.3 is 41.2 Å². The normalized spacial score (nSPS) is 30.6. The molecule has 3 heterocycles. The van der Waals surface area contributed by atoms with Crippen molar-refractivity contribution < 1.29 is 55.5 Å². The molecule has 3 saturated heterocycles. The highest BCUT2D eigenvalue weighted by Crippen LogP contribution is 2.53. The Labute approximate surface area is 277 Å². The molecule has 0 spiro atoms. The lowest BCUT2D eigenvalue weighted by Crippen LogP contribution is -3.00. The van der Waals surface area contributed by atoms with Crippen molar-refractivity contribution in [3.05, 3.63) is 71.3 Å². The number of nitrogens with zero attached hydrogens (tertiary/aromatic N) is 1. The van der Waals surface area contributed by atoms with E-state index in [1.807, 2.05) is 54.6 Å². The third-order valence-electron chi connectivity index (χ3n) is 10.6. The van der Waals surface area contributed by atoms with Crippen molar-refractivity contribution in [2.75, 3.05) is 20.2 Å². The van der Waals surface area contributed by atoms with E-state index < -0.39 is 17.8 Å². The second-order valence-electron chi connectivity index (χ2n) is 13.4. The number of hydrogen-bond donors (Lipinski definition) is 2. The monoisotopic (exact) mass is 685 g/mol. The van der Waals surface area contributed by atoms with Gasteiger partial charge >= 0.3 is 11.9 Å². The van der Waals surface area contributed by atoms with Crippen LogP contribution >= 0.6 is 0 Å². The first kappa shape index (κ1) is 35.3. The fourth-order valence-electron chi connectivity index (χ4n) is 7.71. The van der Waals surface area contributed by atoms with Gasteiger partial charge in [-0.3, -0.25) is 14.4 Å². The van der Waals surface area contributed by atoms with Crippen LogP contribution in [-0.4, -0.2) is 83.0 Å². The van der Waals surface area contributed by atoms with Crippen molar-refractivity contribution in [2.45, 2.75) is 107 Å². The molecule has 4 fully saturated rings. The first-order valence-corrected chi connectivity index (χ1v) is 16.4. The number of benzene rings is 2. The number of aliphatic hydroxyl groups excluding tert-OH is 1. The number of rotatable bonds is 11. The van der Waals surface area contributed by atoms with Crippen molar-refractivity contribution in [1.82, 2.24) is 0 Å². The number of hydrogen-bond acceptors (Lipinski definition) is 6. The maximum Gasteiger partial charge on any atom is 0.316 e. The number of ketones is 1. The number of carboxylic acid groups (broad SMARTS) is 1. The molecule has 246 valence electrons. The zero-order valence-corrected chi connectivity index (χ0v) is 28.2. The Bertz CT molecular complexity index is 1280. The molecule has 2 N–H and O–H groups in total. The standard InChI is InChI=1S/C21H30NO4.C15H18O3.BrH/c1-3-4-10-22(2)17-11-15(12-18(22)20-19(17)26-20)25-21(24)16(13-23)14-8-6-5-7-9-14;1-10(15(17)18)12-7-5-11(6-8-12)9-13-3-2-4-14(13)16;/h5-9,15-20,23H,3-4,10-13H2,1-2H3;5-8,10,13H,2-4,9H2,1H3,(H,17,18);1H/q+1;;/p-1/t15?,16-,17-,18+,19-,20+,22?;;/m1../s1. The Hall–Kier alpha value is -2.59. The van der Waals surface area contributed by atoms with Crippen LogP contribution in [0.2, 0.25) is 0 Å². The molecule has 2 aromatic carbocycles. The summed E-state index contributed by atoms with van der Waals surface area (Å²) in [6.45, 7) is 4.88. The lowest BCUT2D eigenvalue weighted by Gasteiger charge is -2.48. The van der Waals surface area contributed by atoms with E-state index in [9.17, 15) is 19.5 Å². The number of epoxide rings is 1. The molecule has 1 saturated carbocycles. The Morgan fingerprint density at radius 2 is 1.67 bits per heavy atom. The Morgan fingerprint density at radius 1 is 1.02 bits per heavy atom. The zero-order valence-electron chi connectivity index (χ0n) is 26.6. The number of likely N-dealkylation sites (N-methyl/N-ethyl adjacent to an activating group) is 1. The van der Waals surface area contributed by atoms with E-state index >= 15 is 0 Å². The summed E-state index contributed by atoms with van der Waals surface area (Å²) in [6.07, 6.45) is 8.35. The van der Waals surface area contributed by atoms with Crippen LogP contribution in [0.1, 0.15) is 87.3 Å². The molecule has 2 aromatic rings. The number of Topliss-reactive ketones (excluding diaryl/α,β-unsaturated/α-hetero) is 1. The summed E-state index contributed by atoms with van der Waals surface area (Å²) in [7, 11) is 2.36. The van der Waals surface area contributed by atoms with Crippen LogP contribution in [0.4, 0.5) is 0 Å². The number of morpholine rings is 1. The predicted octanol–water partition coefficient (Wildman–Crippen LogP) is 2.02. The maximum absolute atomic E-state index is 12.7. The summed E-state index contributed by atoms with van der Waals surface area (Å²) in [6, 6.07) is 17.9. The number of piperidine rings is 1. The number of carbonyl (C=O) groups is 3. The average Bonchev–Trinajstić information content (AvgIpc) is 3.69. The molecule has 9 heteroatoms. The zero-order chi connectivity index (χ0) is 31.4. The van der Waals surface area contributed by atoms with Gasteiger partial charge in [-0.05, 0) is 49.3 Å². The van der Waals surface area contributed by atoms with Crippen LogP contribution < -0.4 is 17.0 Å². The minimum absolute atomic E-state index is 0. The van der Waals surface area contributed by atoms with Crippen LogP contribution in [0, 0.1) is 5.92 Å². The number of halogens is 1. The summed E-state index contributed by atoms with van der Waals surface area (Å²) in [5.41, 5.74) is 2.74. The molecule has 0 aromatic heterocycles. The molecule has 6 rings (SSSR count). The van der Waals surface area contributed by atoms with Crippen LogP contribution in [0.3, 0.4) is 0 Å². The minimum Gasteiger partial charge on any atom is -1.00 e. The van der Waals surface area contributed by atoms with E-state index in [1.54, 1.807) is 6.92 Å². The molecule has 8 nitrogen and oxygen atoms in total. The molecule has 45 heavy (non-hydrogen) atoms. The van der Waals surface area contributed by atoms with Crippen molar-refractivity contribution in [1.29, 1.82) is 0 Å². The molecule has 2 bridgehead atoms. The van der Waals surface area contributed by atoms with Gasteiger partial charge in [0.25, 0.3) is 0 Å². The van der Waals surface area contributed by atoms with Gasteiger partial charge in [-0.1, -0.05) is 67.9 Å². The number of unbranched alkanes of at least 4 members (excludes halogenated alkanes) is 1. The number of carbonyl (C=O) groups excluding carboxylic acids is 2. The molecular weight excluding hydrogens is 638 g/mol. The van der Waals surface area contributed by atoms with Gasteiger partial charge in [0.2, 0.25) is 0 Å². The van der Waals surface area contributed by atoms with E-state index in [0.717, 1.165) is 59.7 Å². The summed E-state index contributed by atoms with van der Waals surface area (Å²) in [5, 5.41) is 18.6. The van der Waals surface area contributed by atoms with Crippen LogP contribution in [0.15, 0.2) is 54.6 Å². The van der Waals surface area contributed by atoms with Crippen molar-refractivity contribution in [3.63, 3.8) is 0 Å². The van der Waals surface area contributed by atoms with E-state index in [4.69, 9.17) is 14.6 Å². The fraction of sp³-hybridized carbons (Fsp3) is 0.583. The maximum atomic E-state index is 12.7. The van der Waals surface area contributed by atoms with Crippen LogP contribution in [0.5, 0.6) is 0 Å². The summed E-state index contributed by atoms with van der Waals surface area (Å²) < 4.78 is 12.9. The number of aliphatic hydroxyl groups is 1. The Balaban J connectivity index is 0.000000214. The van der Waals surface area contributed by atoms with E-state index in [-0.39, 0.29) is 41.6 Å². The Kier molecular flexibility index (Phi) is 12.0. The van der Waals surface area contributed by atoms with Crippen molar-refractivity contribution >= 4 is 17.7 Å². The SMILES string of the molecule is CC(C(=O)O)c1ccc(CC2CCCC2=O)cc1.CCCC[N+]1(C)[C@@H]2CC(OC(=O)[C@H](CO)c3ccccc3)C[C@H]1[C@@H]1O[C@@H]12.[Br-]. The van der Waals surface area contributed by atoms with Gasteiger partial charge in [0.1, 0.15) is 42.1 Å². The van der Waals surface area contributed by atoms with Gasteiger partial charge in [0.15, 0.2) is 0 Å². The highest BCUT2D eigenvalue weighted by Gasteiger charge is 2.71. The van der Waals surface area contributed by atoms with E-state index in [0.29, 0.717) is 30.1 Å². The topological polar surface area (TPSA) is 113 Å². The van der Waals surface area contributed by atoms with Crippen molar-refractivity contribution in [3.8, 4) is 0 Å². The van der Waals surface area contributed by atoms with Gasteiger partial charge in [0, 0.05) is 25.2 Å². The molecule has 4 aliphatic rings.